The van der Waals surface area contributed by atoms with Gasteiger partial charge in [0.1, 0.15) is 29.9 Å². The van der Waals surface area contributed by atoms with Crippen molar-refractivity contribution in [2.75, 3.05) is 6.54 Å². The van der Waals surface area contributed by atoms with Gasteiger partial charge < -0.3 is 53.8 Å². The Balaban J connectivity index is 3.28. The fourth-order valence-corrected chi connectivity index (χ4v) is 4.40. The highest BCUT2D eigenvalue weighted by Gasteiger charge is 2.34. The zero-order valence-electron chi connectivity index (χ0n) is 27.1. The van der Waals surface area contributed by atoms with Gasteiger partial charge >= 0.3 is 11.9 Å². The third-order valence-electron chi connectivity index (χ3n) is 7.34. The normalized spacial score (nSPS) is 14.8. The molecule has 262 valence electrons. The molecule has 0 aliphatic heterocycles. The van der Waals surface area contributed by atoms with Crippen molar-refractivity contribution in [1.82, 2.24) is 21.3 Å². The molecule has 6 atom stereocenters. The monoisotopic (exact) mass is 664 g/mol. The van der Waals surface area contributed by atoms with Gasteiger partial charge in [-0.1, -0.05) is 46.2 Å². The molecular weight excluding hydrogens is 616 g/mol. The van der Waals surface area contributed by atoms with E-state index in [0.717, 1.165) is 0 Å². The molecule has 17 heteroatoms. The number of benzene rings is 1. The van der Waals surface area contributed by atoms with E-state index >= 15 is 0 Å². The van der Waals surface area contributed by atoms with Crippen molar-refractivity contribution in [3.05, 3.63) is 29.8 Å². The first kappa shape index (κ1) is 40.1. The molecule has 0 fully saturated rings. The lowest BCUT2D eigenvalue weighted by atomic mass is 9.97. The summed E-state index contributed by atoms with van der Waals surface area (Å²) in [6.07, 6.45) is -0.0835. The maximum absolute atomic E-state index is 13.6. The van der Waals surface area contributed by atoms with Crippen LogP contribution in [0.15, 0.2) is 29.3 Å². The van der Waals surface area contributed by atoms with E-state index in [1.807, 2.05) is 0 Å². The summed E-state index contributed by atoms with van der Waals surface area (Å²) in [4.78, 5) is 79.8. The maximum atomic E-state index is 13.6. The Bertz CT molecular complexity index is 1270. The smallest absolute Gasteiger partial charge is 0.326 e. The van der Waals surface area contributed by atoms with Gasteiger partial charge in [-0.15, -0.1) is 0 Å². The summed E-state index contributed by atoms with van der Waals surface area (Å²) in [5.41, 5.74) is 16.9. The number of rotatable bonds is 20. The van der Waals surface area contributed by atoms with Gasteiger partial charge in [0.15, 0.2) is 5.96 Å². The molecule has 13 N–H and O–H groups in total. The SMILES string of the molecule is CC[C@H](C)[C@H](NC(=O)[C@H](Cc1ccc(O)cc1)NC(=O)[C@H](NC(=O)[C@@H](CCCN=C(N)N)NC(=O)[C@@H](N)CC(=O)O)C(C)C)C(=O)O. The molecule has 0 saturated carbocycles. The number of carboxylic acid groups (broad SMARTS) is 2. The Labute approximate surface area is 273 Å². The van der Waals surface area contributed by atoms with Gasteiger partial charge in [-0.2, -0.15) is 0 Å². The molecule has 0 aromatic heterocycles. The average molecular weight is 665 g/mol. The largest absolute Gasteiger partial charge is 0.508 e. The standard InChI is InChI=1S/C30H48N8O9/c1-5-16(4)24(29(46)47)38-27(44)21(13-17-8-10-18(39)11-9-17)36-28(45)23(15(2)3)37-26(43)20(7-6-12-34-30(32)33)35-25(42)19(31)14-22(40)41/h8-11,15-16,19-21,23-24,39H,5-7,12-14,31H2,1-4H3,(H,35,42)(H,36,45)(H,37,43)(H,38,44)(H,40,41)(H,46,47)(H4,32,33,34)/t16-,19-,20+,21-,23+,24-/m0/s1. The first-order chi connectivity index (χ1) is 22.0. The minimum absolute atomic E-state index is 0.00134. The fourth-order valence-electron chi connectivity index (χ4n) is 4.40. The number of aliphatic carboxylic acids is 2. The van der Waals surface area contributed by atoms with Crippen molar-refractivity contribution >= 4 is 41.5 Å². The molecule has 1 aromatic rings. The topological polar surface area (TPSA) is 302 Å². The van der Waals surface area contributed by atoms with Crippen molar-refractivity contribution in [2.45, 2.75) is 90.0 Å². The maximum Gasteiger partial charge on any atom is 0.326 e. The summed E-state index contributed by atoms with van der Waals surface area (Å²) < 4.78 is 0. The minimum atomic E-state index is -1.45. The van der Waals surface area contributed by atoms with E-state index in [1.165, 1.54) is 24.3 Å². The molecule has 47 heavy (non-hydrogen) atoms. The molecule has 0 spiro atoms. The van der Waals surface area contributed by atoms with Gasteiger partial charge in [0.25, 0.3) is 0 Å². The predicted octanol–water partition coefficient (Wildman–Crippen LogP) is -1.48. The van der Waals surface area contributed by atoms with E-state index in [9.17, 15) is 39.0 Å². The molecule has 1 rings (SSSR count). The Morgan fingerprint density at radius 1 is 0.809 bits per heavy atom. The number of hydrogen-bond donors (Lipinski definition) is 10. The molecule has 4 amide bonds. The van der Waals surface area contributed by atoms with Crippen LogP contribution in [0.1, 0.15) is 58.9 Å². The van der Waals surface area contributed by atoms with Gasteiger partial charge in [-0.05, 0) is 42.4 Å². The van der Waals surface area contributed by atoms with Gasteiger partial charge in [0.2, 0.25) is 23.6 Å². The van der Waals surface area contributed by atoms with E-state index in [-0.39, 0.29) is 37.5 Å². The number of guanidine groups is 1. The zero-order chi connectivity index (χ0) is 35.8. The number of nitrogens with zero attached hydrogens (tertiary/aromatic N) is 1. The number of carbonyl (C=O) groups excluding carboxylic acids is 4. The number of phenolic OH excluding ortho intramolecular Hbond substituents is 1. The molecule has 0 radical (unpaired) electrons. The second-order valence-corrected chi connectivity index (χ2v) is 11.6. The van der Waals surface area contributed by atoms with Crippen LogP contribution in [0, 0.1) is 11.8 Å². The van der Waals surface area contributed by atoms with E-state index in [1.54, 1.807) is 27.7 Å². The Kier molecular flexibility index (Phi) is 16.7. The van der Waals surface area contributed by atoms with Crippen LogP contribution in [0.3, 0.4) is 0 Å². The van der Waals surface area contributed by atoms with Gasteiger partial charge in [-0.3, -0.25) is 29.0 Å². The lowest BCUT2D eigenvalue weighted by molar-refractivity contribution is -0.144. The number of nitrogens with one attached hydrogen (secondary N) is 4. The number of aliphatic imine (C=N–C) groups is 1. The molecule has 0 saturated heterocycles. The number of phenols is 1. The van der Waals surface area contributed by atoms with Crippen LogP contribution in [0.4, 0.5) is 0 Å². The number of hydrogen-bond acceptors (Lipinski definition) is 9. The van der Waals surface area contributed by atoms with E-state index in [2.05, 4.69) is 26.3 Å². The van der Waals surface area contributed by atoms with Crippen molar-refractivity contribution in [3.63, 3.8) is 0 Å². The summed E-state index contributed by atoms with van der Waals surface area (Å²) in [5.74, 6) is -6.95. The van der Waals surface area contributed by atoms with Crippen LogP contribution in [0.5, 0.6) is 5.75 Å². The molecule has 17 nitrogen and oxygen atoms in total. The molecule has 0 aliphatic rings. The van der Waals surface area contributed by atoms with Crippen LogP contribution in [-0.4, -0.2) is 93.6 Å². The summed E-state index contributed by atoms with van der Waals surface area (Å²) in [6.45, 7) is 6.82. The number of amides is 4. The summed E-state index contributed by atoms with van der Waals surface area (Å²) >= 11 is 0. The van der Waals surface area contributed by atoms with E-state index < -0.39 is 84.0 Å². The first-order valence-corrected chi connectivity index (χ1v) is 15.2. The first-order valence-electron chi connectivity index (χ1n) is 15.2. The van der Waals surface area contributed by atoms with Crippen molar-refractivity contribution < 1.29 is 44.1 Å². The van der Waals surface area contributed by atoms with Crippen molar-refractivity contribution in [2.24, 2.45) is 34.0 Å². The Morgan fingerprint density at radius 3 is 1.87 bits per heavy atom. The van der Waals surface area contributed by atoms with Crippen molar-refractivity contribution in [3.8, 4) is 5.75 Å². The van der Waals surface area contributed by atoms with Crippen LogP contribution >= 0.6 is 0 Å². The molecule has 0 unspecified atom stereocenters. The summed E-state index contributed by atoms with van der Waals surface area (Å²) in [6, 6.07) is -0.577. The second-order valence-electron chi connectivity index (χ2n) is 11.6. The average Bonchev–Trinajstić information content (AvgIpc) is 2.99. The second kappa shape index (κ2) is 19.6. The van der Waals surface area contributed by atoms with Crippen LogP contribution in [0.25, 0.3) is 0 Å². The Morgan fingerprint density at radius 2 is 1.36 bits per heavy atom. The van der Waals surface area contributed by atoms with Crippen molar-refractivity contribution in [1.29, 1.82) is 0 Å². The zero-order valence-corrected chi connectivity index (χ0v) is 27.1. The molecule has 1 aromatic carbocycles. The number of carbonyl (C=O) groups is 6. The number of nitrogens with two attached hydrogens (primary N) is 3. The molecular formula is C30H48N8O9. The quantitative estimate of drug-likeness (QED) is 0.0433. The van der Waals surface area contributed by atoms with Crippen LogP contribution in [-0.2, 0) is 35.2 Å². The highest BCUT2D eigenvalue weighted by molar-refractivity contribution is 5.96. The highest BCUT2D eigenvalue weighted by atomic mass is 16.4. The predicted molar refractivity (Wildman–Crippen MR) is 172 cm³/mol. The number of aromatic hydroxyl groups is 1. The fraction of sp³-hybridized carbons (Fsp3) is 0.567. The third kappa shape index (κ3) is 14.4. The van der Waals surface area contributed by atoms with Crippen LogP contribution in [0.2, 0.25) is 0 Å². The van der Waals surface area contributed by atoms with Gasteiger partial charge in [-0.25, -0.2) is 4.79 Å². The lowest BCUT2D eigenvalue weighted by Gasteiger charge is -2.28. The summed E-state index contributed by atoms with van der Waals surface area (Å²) in [7, 11) is 0. The van der Waals surface area contributed by atoms with E-state index in [4.69, 9.17) is 22.3 Å². The number of carboxylic acids is 2. The molecule has 0 heterocycles. The highest BCUT2D eigenvalue weighted by Crippen LogP contribution is 2.14. The van der Waals surface area contributed by atoms with E-state index in [0.29, 0.717) is 12.0 Å². The van der Waals surface area contributed by atoms with Gasteiger partial charge in [0, 0.05) is 13.0 Å². The minimum Gasteiger partial charge on any atom is -0.508 e. The molecule has 0 aliphatic carbocycles. The lowest BCUT2D eigenvalue weighted by Crippen LogP contribution is -2.60. The van der Waals surface area contributed by atoms with Crippen LogP contribution < -0.4 is 38.5 Å². The van der Waals surface area contributed by atoms with Gasteiger partial charge in [0.05, 0.1) is 12.5 Å². The third-order valence-corrected chi connectivity index (χ3v) is 7.34. The Hall–Kier alpha value is -4.93. The molecule has 0 bridgehead atoms. The summed E-state index contributed by atoms with van der Waals surface area (Å²) in [5, 5.41) is 38.5.